The minimum Gasteiger partial charge on any atom is -0.381 e. The molecule has 1 aromatic rings. The SMILES string of the molecule is N=C1C=CC2C1=CC=CC2C#Cc1cccc(C2CCCOCC2)c1. The molecule has 0 saturated carbocycles. The highest BCUT2D eigenvalue weighted by Crippen LogP contribution is 2.33. The normalized spacial score (nSPS) is 27.9. The summed E-state index contributed by atoms with van der Waals surface area (Å²) in [5.74, 6) is 7.79. The van der Waals surface area contributed by atoms with Crippen molar-refractivity contribution in [3.63, 3.8) is 0 Å². The van der Waals surface area contributed by atoms with Crippen LogP contribution in [0.4, 0.5) is 0 Å². The van der Waals surface area contributed by atoms with Crippen LogP contribution < -0.4 is 0 Å². The molecule has 1 aromatic carbocycles. The van der Waals surface area contributed by atoms with Gasteiger partial charge in [0.2, 0.25) is 0 Å². The van der Waals surface area contributed by atoms with Crippen LogP contribution in [0.15, 0.2) is 60.2 Å². The van der Waals surface area contributed by atoms with Crippen molar-refractivity contribution in [1.29, 1.82) is 5.41 Å². The van der Waals surface area contributed by atoms with Crippen molar-refractivity contribution in [2.24, 2.45) is 11.8 Å². The lowest BCUT2D eigenvalue weighted by atomic mass is 9.84. The van der Waals surface area contributed by atoms with Gasteiger partial charge in [-0.05, 0) is 54.5 Å². The minimum absolute atomic E-state index is 0.161. The molecule has 3 unspecified atom stereocenters. The number of nitrogens with one attached hydrogen (secondary N) is 1. The van der Waals surface area contributed by atoms with Crippen LogP contribution in [0.25, 0.3) is 0 Å². The van der Waals surface area contributed by atoms with E-state index in [0.717, 1.165) is 37.2 Å². The summed E-state index contributed by atoms with van der Waals surface area (Å²) < 4.78 is 5.59. The van der Waals surface area contributed by atoms with E-state index in [-0.39, 0.29) is 11.8 Å². The molecule has 1 heterocycles. The average molecular weight is 329 g/mol. The van der Waals surface area contributed by atoms with E-state index < -0.39 is 0 Å². The zero-order valence-electron chi connectivity index (χ0n) is 14.4. The maximum absolute atomic E-state index is 7.97. The Morgan fingerprint density at radius 2 is 2.08 bits per heavy atom. The van der Waals surface area contributed by atoms with E-state index in [9.17, 15) is 0 Å². The molecule has 0 spiro atoms. The predicted octanol–water partition coefficient (Wildman–Crippen LogP) is 4.64. The van der Waals surface area contributed by atoms with E-state index in [1.54, 1.807) is 0 Å². The van der Waals surface area contributed by atoms with Gasteiger partial charge >= 0.3 is 0 Å². The largest absolute Gasteiger partial charge is 0.381 e. The van der Waals surface area contributed by atoms with Gasteiger partial charge in [-0.3, -0.25) is 0 Å². The summed E-state index contributed by atoms with van der Waals surface area (Å²) in [6.45, 7) is 1.76. The molecule has 0 radical (unpaired) electrons. The topological polar surface area (TPSA) is 33.1 Å². The Bertz CT molecular complexity index is 810. The summed E-state index contributed by atoms with van der Waals surface area (Å²) in [6, 6.07) is 8.69. The second kappa shape index (κ2) is 7.25. The molecule has 1 N–H and O–H groups in total. The minimum atomic E-state index is 0.161. The highest BCUT2D eigenvalue weighted by atomic mass is 16.5. The van der Waals surface area contributed by atoms with Gasteiger partial charge in [0, 0.05) is 30.6 Å². The monoisotopic (exact) mass is 329 g/mol. The third-order valence-corrected chi connectivity index (χ3v) is 5.31. The van der Waals surface area contributed by atoms with Crippen LogP contribution in [-0.2, 0) is 4.74 Å². The van der Waals surface area contributed by atoms with Gasteiger partial charge < -0.3 is 10.1 Å². The first-order chi connectivity index (χ1) is 12.3. The zero-order valence-corrected chi connectivity index (χ0v) is 14.4. The molecule has 1 fully saturated rings. The zero-order chi connectivity index (χ0) is 17.1. The van der Waals surface area contributed by atoms with Crippen molar-refractivity contribution in [1.82, 2.24) is 0 Å². The van der Waals surface area contributed by atoms with Crippen LogP contribution >= 0.6 is 0 Å². The summed E-state index contributed by atoms with van der Waals surface area (Å²) in [4.78, 5) is 0. The third kappa shape index (κ3) is 3.52. The van der Waals surface area contributed by atoms with Crippen molar-refractivity contribution in [3.05, 3.63) is 71.3 Å². The molecule has 3 atom stereocenters. The Labute approximate surface area is 149 Å². The van der Waals surface area contributed by atoms with E-state index in [4.69, 9.17) is 10.1 Å². The summed E-state index contributed by atoms with van der Waals surface area (Å²) in [6.07, 6.45) is 13.7. The lowest BCUT2D eigenvalue weighted by Crippen LogP contribution is -2.14. The molecule has 3 aliphatic rings. The number of ether oxygens (including phenoxy) is 1. The van der Waals surface area contributed by atoms with Crippen LogP contribution in [0.2, 0.25) is 0 Å². The first kappa shape index (κ1) is 16.1. The van der Waals surface area contributed by atoms with Gasteiger partial charge in [0.05, 0.1) is 5.71 Å². The van der Waals surface area contributed by atoms with Crippen molar-refractivity contribution in [3.8, 4) is 11.8 Å². The molecule has 2 heteroatoms. The number of fused-ring (bicyclic) bond motifs is 1. The summed E-state index contributed by atoms with van der Waals surface area (Å²) in [5.41, 5.74) is 4.19. The first-order valence-corrected chi connectivity index (χ1v) is 9.16. The lowest BCUT2D eigenvalue weighted by Gasteiger charge is -2.18. The van der Waals surface area contributed by atoms with E-state index >= 15 is 0 Å². The van der Waals surface area contributed by atoms with Gasteiger partial charge in [0.1, 0.15) is 0 Å². The van der Waals surface area contributed by atoms with Crippen LogP contribution in [0.1, 0.15) is 36.3 Å². The van der Waals surface area contributed by atoms with Crippen molar-refractivity contribution >= 4 is 5.71 Å². The van der Waals surface area contributed by atoms with Crippen molar-refractivity contribution < 1.29 is 4.74 Å². The first-order valence-electron chi connectivity index (χ1n) is 9.16. The van der Waals surface area contributed by atoms with Crippen LogP contribution in [-0.4, -0.2) is 18.9 Å². The molecule has 4 rings (SSSR count). The Kier molecular flexibility index (Phi) is 4.68. The summed E-state index contributed by atoms with van der Waals surface area (Å²) >= 11 is 0. The molecule has 2 nitrogen and oxygen atoms in total. The molecule has 0 aromatic heterocycles. The van der Waals surface area contributed by atoms with Gasteiger partial charge in [0.15, 0.2) is 0 Å². The Balaban J connectivity index is 1.52. The highest BCUT2D eigenvalue weighted by Gasteiger charge is 2.27. The van der Waals surface area contributed by atoms with Crippen molar-refractivity contribution in [2.45, 2.75) is 25.2 Å². The number of allylic oxidation sites excluding steroid dienone is 6. The van der Waals surface area contributed by atoms with E-state index in [2.05, 4.69) is 48.3 Å². The number of rotatable bonds is 1. The number of hydrogen-bond acceptors (Lipinski definition) is 2. The third-order valence-electron chi connectivity index (χ3n) is 5.31. The molecule has 0 amide bonds. The fourth-order valence-corrected chi connectivity index (χ4v) is 3.90. The molecular weight excluding hydrogens is 306 g/mol. The van der Waals surface area contributed by atoms with E-state index in [1.807, 2.05) is 18.2 Å². The van der Waals surface area contributed by atoms with Gasteiger partial charge in [-0.2, -0.15) is 0 Å². The molecule has 126 valence electrons. The lowest BCUT2D eigenvalue weighted by molar-refractivity contribution is 0.143. The van der Waals surface area contributed by atoms with Crippen molar-refractivity contribution in [2.75, 3.05) is 13.2 Å². The molecule has 25 heavy (non-hydrogen) atoms. The molecule has 1 aliphatic heterocycles. The number of hydrogen-bond donors (Lipinski definition) is 1. The van der Waals surface area contributed by atoms with Crippen LogP contribution in [0, 0.1) is 29.1 Å². The van der Waals surface area contributed by atoms with Gasteiger partial charge in [-0.1, -0.05) is 48.3 Å². The maximum atomic E-state index is 7.97. The van der Waals surface area contributed by atoms with Gasteiger partial charge in [-0.25, -0.2) is 0 Å². The smallest absolute Gasteiger partial charge is 0.0575 e. The number of benzene rings is 1. The van der Waals surface area contributed by atoms with E-state index in [0.29, 0.717) is 11.6 Å². The maximum Gasteiger partial charge on any atom is 0.0575 e. The second-order valence-electron chi connectivity index (χ2n) is 6.97. The molecular formula is C23H23NO. The molecule has 2 aliphatic carbocycles. The molecule has 1 saturated heterocycles. The Morgan fingerprint density at radius 3 is 3.04 bits per heavy atom. The van der Waals surface area contributed by atoms with Gasteiger partial charge in [-0.15, -0.1) is 0 Å². The summed E-state index contributed by atoms with van der Waals surface area (Å²) in [5, 5.41) is 7.97. The van der Waals surface area contributed by atoms with E-state index in [1.165, 1.54) is 12.0 Å². The van der Waals surface area contributed by atoms with Gasteiger partial charge in [0.25, 0.3) is 0 Å². The van der Waals surface area contributed by atoms with Crippen LogP contribution in [0.3, 0.4) is 0 Å². The molecule has 0 bridgehead atoms. The van der Waals surface area contributed by atoms with Crippen LogP contribution in [0.5, 0.6) is 0 Å². The quantitative estimate of drug-likeness (QED) is 0.748. The summed E-state index contributed by atoms with van der Waals surface area (Å²) in [7, 11) is 0. The standard InChI is InChI=1S/C23H23NO/c24-23-12-11-21-19(5-2-8-22(21)23)10-9-17-4-1-6-20(16-17)18-7-3-14-25-15-13-18/h1-2,4-6,8,11-12,16,18-19,21,24H,3,7,13-15H2. The Morgan fingerprint density at radius 1 is 1.12 bits per heavy atom. The predicted molar refractivity (Wildman–Crippen MR) is 102 cm³/mol. The highest BCUT2D eigenvalue weighted by molar-refractivity contribution is 6.09. The average Bonchev–Trinajstić information content (AvgIpc) is 2.86. The second-order valence-corrected chi connectivity index (χ2v) is 6.97. The Hall–Kier alpha value is -2.37. The fraction of sp³-hybridized carbons (Fsp3) is 0.348. The fourth-order valence-electron chi connectivity index (χ4n) is 3.90.